The third-order valence-electron chi connectivity index (χ3n) is 1.93. The maximum Gasteiger partial charge on any atom is 0.335 e. The van der Waals surface area contributed by atoms with Crippen molar-refractivity contribution in [1.82, 2.24) is 5.32 Å². The molecule has 0 heterocycles. The van der Waals surface area contributed by atoms with Gasteiger partial charge in [0.25, 0.3) is 0 Å². The number of nitrogens with one attached hydrogen (secondary N) is 1. The molecule has 1 aromatic carbocycles. The van der Waals surface area contributed by atoms with Crippen molar-refractivity contribution in [3.63, 3.8) is 0 Å². The Labute approximate surface area is 86.9 Å². The summed E-state index contributed by atoms with van der Waals surface area (Å²) in [6, 6.07) is 3.72. The second-order valence-corrected chi connectivity index (χ2v) is 3.08. The van der Waals surface area contributed by atoms with Gasteiger partial charge in [-0.1, -0.05) is 0 Å². The van der Waals surface area contributed by atoms with Gasteiger partial charge in [-0.25, -0.2) is 9.18 Å². The zero-order valence-electron chi connectivity index (χ0n) is 8.16. The van der Waals surface area contributed by atoms with Crippen LogP contribution in [0.5, 0.6) is 0 Å². The van der Waals surface area contributed by atoms with E-state index >= 15 is 0 Å². The van der Waals surface area contributed by atoms with Gasteiger partial charge in [0.2, 0.25) is 0 Å². The van der Waals surface area contributed by atoms with Crippen molar-refractivity contribution in [3.05, 3.63) is 35.1 Å². The summed E-state index contributed by atoms with van der Waals surface area (Å²) in [5, 5.41) is 11.6. The minimum absolute atomic E-state index is 0.0842. The summed E-state index contributed by atoms with van der Waals surface area (Å²) in [7, 11) is 0. The van der Waals surface area contributed by atoms with Gasteiger partial charge in [-0.15, -0.1) is 0 Å². The van der Waals surface area contributed by atoms with Gasteiger partial charge < -0.3 is 16.2 Å². The summed E-state index contributed by atoms with van der Waals surface area (Å²) in [5.74, 6) is -1.47. The highest BCUT2D eigenvalue weighted by atomic mass is 19.1. The van der Waals surface area contributed by atoms with E-state index in [0.29, 0.717) is 18.7 Å². The summed E-state index contributed by atoms with van der Waals surface area (Å²) in [6.07, 6.45) is 0. The van der Waals surface area contributed by atoms with Gasteiger partial charge in [-0.05, 0) is 18.2 Å². The van der Waals surface area contributed by atoms with E-state index in [1.807, 2.05) is 0 Å². The Morgan fingerprint density at radius 3 is 2.87 bits per heavy atom. The predicted molar refractivity (Wildman–Crippen MR) is 54.1 cm³/mol. The Hall–Kier alpha value is -1.46. The van der Waals surface area contributed by atoms with Crippen LogP contribution in [0.25, 0.3) is 0 Å². The van der Waals surface area contributed by atoms with E-state index in [1.165, 1.54) is 12.1 Å². The Bertz CT molecular complexity index is 355. The maximum absolute atomic E-state index is 13.2. The fraction of sp³-hybridized carbons (Fsp3) is 0.300. The average molecular weight is 212 g/mol. The van der Waals surface area contributed by atoms with Crippen LogP contribution in [0.3, 0.4) is 0 Å². The number of halogens is 1. The lowest BCUT2D eigenvalue weighted by molar-refractivity contribution is 0.0696. The lowest BCUT2D eigenvalue weighted by atomic mass is 10.1. The first-order valence-electron chi connectivity index (χ1n) is 4.57. The zero-order valence-corrected chi connectivity index (χ0v) is 8.16. The predicted octanol–water partition coefficient (Wildman–Crippen LogP) is 0.572. The van der Waals surface area contributed by atoms with Gasteiger partial charge >= 0.3 is 5.97 Å². The molecule has 82 valence electrons. The SMILES string of the molecule is NCCNCc1cc(C(=O)O)ccc1F. The van der Waals surface area contributed by atoms with Crippen molar-refractivity contribution >= 4 is 5.97 Å². The summed E-state index contributed by atoms with van der Waals surface area (Å²) >= 11 is 0. The molecule has 4 nitrogen and oxygen atoms in total. The van der Waals surface area contributed by atoms with E-state index in [-0.39, 0.29) is 12.1 Å². The molecule has 0 aliphatic rings. The molecule has 0 amide bonds. The number of aromatic carboxylic acids is 1. The molecule has 0 atom stereocenters. The number of carboxylic acids is 1. The number of benzene rings is 1. The van der Waals surface area contributed by atoms with Crippen molar-refractivity contribution in [2.24, 2.45) is 5.73 Å². The molecule has 0 bridgehead atoms. The molecule has 0 saturated carbocycles. The van der Waals surface area contributed by atoms with Crippen LogP contribution < -0.4 is 11.1 Å². The molecule has 0 aliphatic heterocycles. The molecule has 0 fully saturated rings. The quantitative estimate of drug-likeness (QED) is 0.624. The number of hydrogen-bond donors (Lipinski definition) is 3. The maximum atomic E-state index is 13.2. The van der Waals surface area contributed by atoms with Crippen LogP contribution in [-0.4, -0.2) is 24.2 Å². The Morgan fingerprint density at radius 1 is 1.53 bits per heavy atom. The molecular formula is C10H13FN2O2. The van der Waals surface area contributed by atoms with Crippen molar-refractivity contribution < 1.29 is 14.3 Å². The van der Waals surface area contributed by atoms with Crippen LogP contribution in [0.4, 0.5) is 4.39 Å². The van der Waals surface area contributed by atoms with Crippen LogP contribution in [0, 0.1) is 5.82 Å². The molecule has 1 aromatic rings. The lowest BCUT2D eigenvalue weighted by Crippen LogP contribution is -2.22. The Balaban J connectivity index is 2.76. The van der Waals surface area contributed by atoms with Gasteiger partial charge in [0, 0.05) is 25.2 Å². The first-order valence-corrected chi connectivity index (χ1v) is 4.57. The smallest absolute Gasteiger partial charge is 0.335 e. The fourth-order valence-electron chi connectivity index (χ4n) is 1.17. The molecule has 0 aromatic heterocycles. The summed E-state index contributed by atoms with van der Waals surface area (Å²) in [5.41, 5.74) is 5.68. The molecule has 15 heavy (non-hydrogen) atoms. The van der Waals surface area contributed by atoms with Crippen molar-refractivity contribution in [2.75, 3.05) is 13.1 Å². The summed E-state index contributed by atoms with van der Waals surface area (Å²) in [4.78, 5) is 10.6. The van der Waals surface area contributed by atoms with Crippen LogP contribution in [0.1, 0.15) is 15.9 Å². The Kier molecular flexibility index (Phi) is 4.20. The highest BCUT2D eigenvalue weighted by Gasteiger charge is 2.07. The van der Waals surface area contributed by atoms with E-state index in [2.05, 4.69) is 5.32 Å². The average Bonchev–Trinajstić information content (AvgIpc) is 2.20. The van der Waals surface area contributed by atoms with Gasteiger partial charge in [0.1, 0.15) is 5.82 Å². The van der Waals surface area contributed by atoms with Gasteiger partial charge in [0.15, 0.2) is 0 Å². The van der Waals surface area contributed by atoms with E-state index < -0.39 is 11.8 Å². The van der Waals surface area contributed by atoms with Crippen LogP contribution in [0.15, 0.2) is 18.2 Å². The van der Waals surface area contributed by atoms with Gasteiger partial charge in [-0.2, -0.15) is 0 Å². The van der Waals surface area contributed by atoms with Crippen LogP contribution in [-0.2, 0) is 6.54 Å². The molecule has 0 radical (unpaired) electrons. The molecule has 0 aliphatic carbocycles. The van der Waals surface area contributed by atoms with Crippen molar-refractivity contribution in [1.29, 1.82) is 0 Å². The lowest BCUT2D eigenvalue weighted by Gasteiger charge is -2.05. The third-order valence-corrected chi connectivity index (χ3v) is 1.93. The van der Waals surface area contributed by atoms with Crippen LogP contribution >= 0.6 is 0 Å². The van der Waals surface area contributed by atoms with E-state index in [0.717, 1.165) is 6.07 Å². The zero-order chi connectivity index (χ0) is 11.3. The minimum Gasteiger partial charge on any atom is -0.478 e. The number of carbonyl (C=O) groups is 1. The molecule has 0 unspecified atom stereocenters. The normalized spacial score (nSPS) is 10.3. The molecule has 0 saturated heterocycles. The Morgan fingerprint density at radius 2 is 2.27 bits per heavy atom. The second-order valence-electron chi connectivity index (χ2n) is 3.08. The molecule has 5 heteroatoms. The third kappa shape index (κ3) is 3.30. The van der Waals surface area contributed by atoms with Gasteiger partial charge in [0.05, 0.1) is 5.56 Å². The molecule has 1 rings (SSSR count). The highest BCUT2D eigenvalue weighted by Crippen LogP contribution is 2.10. The van der Waals surface area contributed by atoms with E-state index in [4.69, 9.17) is 10.8 Å². The summed E-state index contributed by atoms with van der Waals surface area (Å²) < 4.78 is 13.2. The topological polar surface area (TPSA) is 75.3 Å². The number of rotatable bonds is 5. The number of hydrogen-bond acceptors (Lipinski definition) is 3. The largest absolute Gasteiger partial charge is 0.478 e. The van der Waals surface area contributed by atoms with Crippen molar-refractivity contribution in [3.8, 4) is 0 Å². The first kappa shape index (κ1) is 11.6. The van der Waals surface area contributed by atoms with Crippen molar-refractivity contribution in [2.45, 2.75) is 6.54 Å². The number of nitrogens with two attached hydrogens (primary N) is 1. The molecule has 0 spiro atoms. The molecule has 4 N–H and O–H groups in total. The van der Waals surface area contributed by atoms with E-state index in [1.54, 1.807) is 0 Å². The molecular weight excluding hydrogens is 199 g/mol. The van der Waals surface area contributed by atoms with Gasteiger partial charge in [-0.3, -0.25) is 0 Å². The monoisotopic (exact) mass is 212 g/mol. The second kappa shape index (κ2) is 5.43. The van der Waals surface area contributed by atoms with Crippen LogP contribution in [0.2, 0.25) is 0 Å². The fourth-order valence-corrected chi connectivity index (χ4v) is 1.17. The minimum atomic E-state index is -1.06. The number of carboxylic acid groups (broad SMARTS) is 1. The van der Waals surface area contributed by atoms with E-state index in [9.17, 15) is 9.18 Å². The first-order chi connectivity index (χ1) is 7.15. The standard InChI is InChI=1S/C10H13FN2O2/c11-9-2-1-7(10(14)15)5-8(9)6-13-4-3-12/h1-2,5,13H,3-4,6,12H2,(H,14,15). The summed E-state index contributed by atoms with van der Waals surface area (Å²) in [6.45, 7) is 1.31. The highest BCUT2D eigenvalue weighted by molar-refractivity contribution is 5.87.